The molecule has 0 aliphatic carbocycles. The van der Waals surface area contributed by atoms with E-state index in [4.69, 9.17) is 11.6 Å². The summed E-state index contributed by atoms with van der Waals surface area (Å²) < 4.78 is 0. The molecule has 0 aliphatic heterocycles. The summed E-state index contributed by atoms with van der Waals surface area (Å²) in [6.45, 7) is 0.775. The van der Waals surface area contributed by atoms with Gasteiger partial charge in [0.25, 0.3) is 0 Å². The number of hydrogen-bond acceptors (Lipinski definition) is 3. The Labute approximate surface area is 107 Å². The van der Waals surface area contributed by atoms with Crippen LogP contribution in [0.25, 0.3) is 11.0 Å². The van der Waals surface area contributed by atoms with Crippen molar-refractivity contribution in [3.8, 4) is 0 Å². The molecule has 0 fully saturated rings. The molecule has 3 rings (SSSR count). The maximum absolute atomic E-state index is 5.91. The van der Waals surface area contributed by atoms with Crippen molar-refractivity contribution in [1.82, 2.24) is 9.97 Å². The van der Waals surface area contributed by atoms with E-state index in [-0.39, 0.29) is 0 Å². The molecule has 0 bridgehead atoms. The fraction of sp³-hybridized carbons (Fsp3) is 0.0833. The lowest BCUT2D eigenvalue weighted by atomic mass is 10.3. The quantitative estimate of drug-likeness (QED) is 0.753. The van der Waals surface area contributed by atoms with Gasteiger partial charge in [-0.05, 0) is 40.6 Å². The first-order valence-electron chi connectivity index (χ1n) is 5.21. The first-order valence-corrected chi connectivity index (χ1v) is 6.53. The Morgan fingerprint density at radius 3 is 3.12 bits per heavy atom. The zero-order valence-corrected chi connectivity index (χ0v) is 10.5. The molecule has 0 radical (unpaired) electrons. The van der Waals surface area contributed by atoms with Gasteiger partial charge in [0, 0.05) is 11.6 Å². The van der Waals surface area contributed by atoms with Gasteiger partial charge < -0.3 is 10.3 Å². The number of hydrogen-bond donors (Lipinski definition) is 2. The lowest BCUT2D eigenvalue weighted by molar-refractivity contribution is 1.11. The molecule has 3 nitrogen and oxygen atoms in total. The Bertz CT molecular complexity index is 630. The number of rotatable bonds is 3. The third kappa shape index (κ3) is 2.28. The lowest BCUT2D eigenvalue weighted by Gasteiger charge is -1.98. The number of nitrogens with zero attached hydrogens (tertiary/aromatic N) is 1. The second kappa shape index (κ2) is 4.39. The molecule has 2 aromatic heterocycles. The minimum absolute atomic E-state index is 0.702. The van der Waals surface area contributed by atoms with Crippen LogP contribution in [-0.4, -0.2) is 9.97 Å². The number of imidazole rings is 1. The van der Waals surface area contributed by atoms with Crippen LogP contribution in [0.15, 0.2) is 35.0 Å². The second-order valence-electron chi connectivity index (χ2n) is 3.73. The van der Waals surface area contributed by atoms with Crippen molar-refractivity contribution in [1.29, 1.82) is 0 Å². The molecule has 1 aromatic carbocycles. The number of fused-ring (bicyclic) bond motifs is 1. The highest BCUT2D eigenvalue weighted by atomic mass is 35.5. The van der Waals surface area contributed by atoms with Crippen LogP contribution in [0.5, 0.6) is 0 Å². The summed E-state index contributed by atoms with van der Waals surface area (Å²) in [6, 6.07) is 7.73. The van der Waals surface area contributed by atoms with Crippen LogP contribution < -0.4 is 5.32 Å². The predicted octanol–water partition coefficient (Wildman–Crippen LogP) is 3.89. The number of aromatic amines is 1. The maximum Gasteiger partial charge on any atom is 0.201 e. The Kier molecular flexibility index (Phi) is 2.74. The number of nitrogens with one attached hydrogen (secondary N) is 2. The summed E-state index contributed by atoms with van der Waals surface area (Å²) in [4.78, 5) is 7.63. The molecule has 0 amide bonds. The molecule has 2 heterocycles. The van der Waals surface area contributed by atoms with E-state index >= 15 is 0 Å². The van der Waals surface area contributed by atoms with Gasteiger partial charge in [-0.3, -0.25) is 0 Å². The largest absolute Gasteiger partial charge is 0.352 e. The average Bonchev–Trinajstić information content (AvgIpc) is 2.94. The van der Waals surface area contributed by atoms with E-state index in [2.05, 4.69) is 32.1 Å². The summed E-state index contributed by atoms with van der Waals surface area (Å²) in [7, 11) is 0. The smallest absolute Gasteiger partial charge is 0.201 e. The number of aromatic nitrogens is 2. The highest BCUT2D eigenvalue weighted by Crippen LogP contribution is 2.19. The Morgan fingerprint density at radius 2 is 2.29 bits per heavy atom. The molecular formula is C12H10ClN3S. The SMILES string of the molecule is Clc1ccc2[nH]c(NCc3ccsc3)nc2c1. The highest BCUT2D eigenvalue weighted by molar-refractivity contribution is 7.07. The van der Waals surface area contributed by atoms with Crippen molar-refractivity contribution in [2.24, 2.45) is 0 Å². The fourth-order valence-electron chi connectivity index (χ4n) is 1.64. The summed E-state index contributed by atoms with van der Waals surface area (Å²) in [5.74, 6) is 0.772. The minimum atomic E-state index is 0.702. The summed E-state index contributed by atoms with van der Waals surface area (Å²) >= 11 is 7.61. The fourth-order valence-corrected chi connectivity index (χ4v) is 2.48. The van der Waals surface area contributed by atoms with E-state index < -0.39 is 0 Å². The molecule has 0 atom stereocenters. The number of halogens is 1. The molecule has 0 aliphatic rings. The molecule has 17 heavy (non-hydrogen) atoms. The van der Waals surface area contributed by atoms with Crippen molar-refractivity contribution in [2.45, 2.75) is 6.54 Å². The first-order chi connectivity index (χ1) is 8.31. The number of thiophene rings is 1. The molecule has 0 unspecified atom stereocenters. The van der Waals surface area contributed by atoms with E-state index in [1.54, 1.807) is 11.3 Å². The van der Waals surface area contributed by atoms with Gasteiger partial charge >= 0.3 is 0 Å². The van der Waals surface area contributed by atoms with Crippen molar-refractivity contribution in [2.75, 3.05) is 5.32 Å². The Hall–Kier alpha value is -1.52. The van der Waals surface area contributed by atoms with Crippen molar-refractivity contribution in [3.05, 3.63) is 45.6 Å². The third-order valence-corrected chi connectivity index (χ3v) is 3.45. The number of anilines is 1. The van der Waals surface area contributed by atoms with Crippen LogP contribution in [-0.2, 0) is 6.54 Å². The van der Waals surface area contributed by atoms with Gasteiger partial charge in [0.05, 0.1) is 11.0 Å². The van der Waals surface area contributed by atoms with Gasteiger partial charge in [-0.25, -0.2) is 4.98 Å². The predicted molar refractivity (Wildman–Crippen MR) is 72.7 cm³/mol. The topological polar surface area (TPSA) is 40.7 Å². The van der Waals surface area contributed by atoms with E-state index in [0.717, 1.165) is 23.5 Å². The average molecular weight is 264 g/mol. The van der Waals surface area contributed by atoms with Gasteiger partial charge in [-0.15, -0.1) is 0 Å². The Balaban J connectivity index is 1.81. The van der Waals surface area contributed by atoms with E-state index in [0.29, 0.717) is 5.02 Å². The van der Waals surface area contributed by atoms with Crippen LogP contribution in [0.1, 0.15) is 5.56 Å². The zero-order valence-electron chi connectivity index (χ0n) is 8.90. The molecule has 3 aromatic rings. The minimum Gasteiger partial charge on any atom is -0.352 e. The monoisotopic (exact) mass is 263 g/mol. The Morgan fingerprint density at radius 1 is 1.35 bits per heavy atom. The van der Waals surface area contributed by atoms with Gasteiger partial charge in [-0.1, -0.05) is 11.6 Å². The zero-order chi connectivity index (χ0) is 11.7. The molecule has 0 saturated carbocycles. The van der Waals surface area contributed by atoms with Crippen LogP contribution in [0.4, 0.5) is 5.95 Å². The van der Waals surface area contributed by atoms with Gasteiger partial charge in [0.2, 0.25) is 5.95 Å². The van der Waals surface area contributed by atoms with Crippen molar-refractivity contribution < 1.29 is 0 Å². The van der Waals surface area contributed by atoms with E-state index in [1.807, 2.05) is 18.2 Å². The molecule has 5 heteroatoms. The van der Waals surface area contributed by atoms with Crippen LogP contribution >= 0.6 is 22.9 Å². The standard InChI is InChI=1S/C12H10ClN3S/c13-9-1-2-10-11(5-9)16-12(15-10)14-6-8-3-4-17-7-8/h1-5,7H,6H2,(H2,14,15,16). The highest BCUT2D eigenvalue weighted by Gasteiger charge is 2.02. The van der Waals surface area contributed by atoms with Gasteiger partial charge in [-0.2, -0.15) is 11.3 Å². The van der Waals surface area contributed by atoms with E-state index in [1.165, 1.54) is 5.56 Å². The molecule has 2 N–H and O–H groups in total. The molecule has 0 spiro atoms. The van der Waals surface area contributed by atoms with Crippen molar-refractivity contribution >= 4 is 39.9 Å². The van der Waals surface area contributed by atoms with Gasteiger partial charge in [0.15, 0.2) is 0 Å². The van der Waals surface area contributed by atoms with Crippen LogP contribution in [0.3, 0.4) is 0 Å². The summed E-state index contributed by atoms with van der Waals surface area (Å²) in [5.41, 5.74) is 3.13. The first kappa shape index (κ1) is 10.6. The normalized spacial score (nSPS) is 10.9. The number of H-pyrrole nitrogens is 1. The lowest BCUT2D eigenvalue weighted by Crippen LogP contribution is -1.99. The summed E-state index contributed by atoms with van der Waals surface area (Å²) in [5, 5.41) is 8.14. The van der Waals surface area contributed by atoms with Crippen LogP contribution in [0, 0.1) is 0 Å². The van der Waals surface area contributed by atoms with Crippen LogP contribution in [0.2, 0.25) is 5.02 Å². The molecule has 86 valence electrons. The molecular weight excluding hydrogens is 254 g/mol. The maximum atomic E-state index is 5.91. The number of benzene rings is 1. The molecule has 0 saturated heterocycles. The van der Waals surface area contributed by atoms with Crippen molar-refractivity contribution in [3.63, 3.8) is 0 Å². The third-order valence-electron chi connectivity index (χ3n) is 2.49. The summed E-state index contributed by atoms with van der Waals surface area (Å²) in [6.07, 6.45) is 0. The van der Waals surface area contributed by atoms with E-state index in [9.17, 15) is 0 Å². The van der Waals surface area contributed by atoms with Gasteiger partial charge in [0.1, 0.15) is 0 Å². The second-order valence-corrected chi connectivity index (χ2v) is 4.95.